The molecule has 2 aliphatic rings. The van der Waals surface area contributed by atoms with E-state index >= 15 is 0 Å². The topological polar surface area (TPSA) is 63.8 Å². The van der Waals surface area contributed by atoms with Gasteiger partial charge in [0.2, 0.25) is 0 Å². The van der Waals surface area contributed by atoms with Gasteiger partial charge in [-0.2, -0.15) is 0 Å². The van der Waals surface area contributed by atoms with Gasteiger partial charge < -0.3 is 24.1 Å². The van der Waals surface area contributed by atoms with Gasteiger partial charge in [0.25, 0.3) is 0 Å². The van der Waals surface area contributed by atoms with Gasteiger partial charge in [0.05, 0.1) is 46.2 Å². The molecule has 0 aromatic carbocycles. The van der Waals surface area contributed by atoms with Gasteiger partial charge in [0.15, 0.2) is 0 Å². The summed E-state index contributed by atoms with van der Waals surface area (Å²) in [7, 11) is 0. The van der Waals surface area contributed by atoms with Gasteiger partial charge in [-0.3, -0.25) is 0 Å². The van der Waals surface area contributed by atoms with Crippen LogP contribution in [0.25, 0.3) is 0 Å². The van der Waals surface area contributed by atoms with Gasteiger partial charge in [-0.25, -0.2) is 0 Å². The lowest BCUT2D eigenvalue weighted by Crippen LogP contribution is -2.36. The van der Waals surface area contributed by atoms with E-state index in [1.807, 2.05) is 6.92 Å². The minimum absolute atomic E-state index is 0.0839. The summed E-state index contributed by atoms with van der Waals surface area (Å²) in [6, 6.07) is 0. The van der Waals surface area contributed by atoms with Crippen molar-refractivity contribution in [2.75, 3.05) is 46.2 Å². The van der Waals surface area contributed by atoms with Gasteiger partial charge in [-0.05, 0) is 6.42 Å². The van der Waals surface area contributed by atoms with Crippen LogP contribution < -0.4 is 0 Å². The van der Waals surface area contributed by atoms with Gasteiger partial charge in [-0.15, -0.1) is 0 Å². The molecule has 0 amide bonds. The lowest BCUT2D eigenvalue weighted by Gasteiger charge is -2.30. The fraction of sp³-hybridized carbons (Fsp3) is 1.00. The minimum atomic E-state index is -0.288. The molecule has 0 radical (unpaired) electrons. The highest BCUT2D eigenvalue weighted by Gasteiger charge is 2.32. The summed E-state index contributed by atoms with van der Waals surface area (Å²) in [5.74, 6) is 0. The monoisotopic (exact) mass is 246 g/mol. The quantitative estimate of drug-likeness (QED) is 0.558. The zero-order valence-corrected chi connectivity index (χ0v) is 10.4. The predicted molar refractivity (Wildman–Crippen MR) is 60.9 cm³/mol. The summed E-state index contributed by atoms with van der Waals surface area (Å²) < 4.78 is 21.3. The fourth-order valence-electron chi connectivity index (χ4n) is 1.59. The Bertz CT molecular complexity index is 201. The van der Waals surface area contributed by atoms with Crippen LogP contribution in [0.2, 0.25) is 0 Å². The first-order valence-electron chi connectivity index (χ1n) is 6.27. The molecule has 2 heterocycles. The van der Waals surface area contributed by atoms with Gasteiger partial charge in [0.1, 0.15) is 12.2 Å². The summed E-state index contributed by atoms with van der Waals surface area (Å²) in [6.07, 6.45) is 1.37. The molecular formula is C12H22O5. The molecule has 0 aromatic rings. The molecule has 0 spiro atoms. The third-order valence-corrected chi connectivity index (χ3v) is 3.31. The highest BCUT2D eigenvalue weighted by molar-refractivity contribution is 4.78. The van der Waals surface area contributed by atoms with E-state index in [4.69, 9.17) is 18.9 Å². The number of epoxide rings is 2. The van der Waals surface area contributed by atoms with Crippen LogP contribution in [-0.2, 0) is 18.9 Å². The Labute approximate surface area is 102 Å². The van der Waals surface area contributed by atoms with Crippen molar-refractivity contribution < 1.29 is 24.1 Å². The lowest BCUT2D eigenvalue weighted by molar-refractivity contribution is -0.0571. The van der Waals surface area contributed by atoms with Gasteiger partial charge in [-0.1, -0.05) is 6.92 Å². The smallest absolute Gasteiger partial charge is 0.104 e. The van der Waals surface area contributed by atoms with Crippen LogP contribution in [-0.4, -0.2) is 63.6 Å². The Morgan fingerprint density at radius 3 is 1.88 bits per heavy atom. The average molecular weight is 246 g/mol. The van der Waals surface area contributed by atoms with Gasteiger partial charge in [0, 0.05) is 5.41 Å². The number of aliphatic hydroxyl groups is 1. The molecule has 2 atom stereocenters. The van der Waals surface area contributed by atoms with Crippen LogP contribution in [0.3, 0.4) is 0 Å². The Balaban J connectivity index is 1.65. The van der Waals surface area contributed by atoms with E-state index in [9.17, 15) is 5.11 Å². The molecule has 2 unspecified atom stereocenters. The molecule has 0 aliphatic carbocycles. The van der Waals surface area contributed by atoms with Gasteiger partial charge >= 0.3 is 0 Å². The summed E-state index contributed by atoms with van der Waals surface area (Å²) >= 11 is 0. The second-order valence-corrected chi connectivity index (χ2v) is 4.95. The normalized spacial score (nSPS) is 30.0. The van der Waals surface area contributed by atoms with Crippen molar-refractivity contribution in [1.82, 2.24) is 0 Å². The second-order valence-electron chi connectivity index (χ2n) is 4.95. The van der Waals surface area contributed by atoms with Crippen LogP contribution in [0.4, 0.5) is 0 Å². The standard InChI is InChI=1S/C12H22O5/c1-2-12(7-13,8-14-3-10-5-16-10)9-15-4-11-6-17-11/h10-11,13H,2-9H2,1H3. The molecule has 2 aliphatic heterocycles. The van der Waals surface area contributed by atoms with Crippen molar-refractivity contribution >= 4 is 0 Å². The molecule has 2 rings (SSSR count). The predicted octanol–water partition coefficient (Wildman–Crippen LogP) is 0.206. The number of rotatable bonds is 10. The molecule has 17 heavy (non-hydrogen) atoms. The maximum absolute atomic E-state index is 9.52. The largest absolute Gasteiger partial charge is 0.396 e. The first kappa shape index (κ1) is 13.2. The van der Waals surface area contributed by atoms with Crippen molar-refractivity contribution in [3.8, 4) is 0 Å². The number of ether oxygens (including phenoxy) is 4. The molecule has 5 nitrogen and oxygen atoms in total. The van der Waals surface area contributed by atoms with Crippen molar-refractivity contribution in [2.24, 2.45) is 5.41 Å². The zero-order valence-electron chi connectivity index (χ0n) is 10.4. The van der Waals surface area contributed by atoms with E-state index < -0.39 is 0 Å². The van der Waals surface area contributed by atoms with Crippen LogP contribution >= 0.6 is 0 Å². The summed E-state index contributed by atoms with van der Waals surface area (Å²) in [5.41, 5.74) is -0.288. The third kappa shape index (κ3) is 4.52. The molecule has 0 aromatic heterocycles. The Morgan fingerprint density at radius 2 is 1.59 bits per heavy atom. The first-order valence-corrected chi connectivity index (χ1v) is 6.27. The summed E-state index contributed by atoms with van der Waals surface area (Å²) in [4.78, 5) is 0. The molecule has 0 saturated carbocycles. The van der Waals surface area contributed by atoms with Crippen LogP contribution in [0.1, 0.15) is 13.3 Å². The van der Waals surface area contributed by atoms with Crippen LogP contribution in [0.5, 0.6) is 0 Å². The van der Waals surface area contributed by atoms with E-state index in [1.54, 1.807) is 0 Å². The van der Waals surface area contributed by atoms with E-state index in [2.05, 4.69) is 0 Å². The van der Waals surface area contributed by atoms with E-state index in [0.29, 0.717) is 26.4 Å². The average Bonchev–Trinajstić information content (AvgIpc) is 3.21. The van der Waals surface area contributed by atoms with Crippen LogP contribution in [0.15, 0.2) is 0 Å². The molecule has 100 valence electrons. The number of hydrogen-bond acceptors (Lipinski definition) is 5. The summed E-state index contributed by atoms with van der Waals surface area (Å²) in [6.45, 7) is 6.00. The molecule has 2 saturated heterocycles. The molecule has 2 fully saturated rings. The lowest BCUT2D eigenvalue weighted by atomic mass is 9.88. The molecule has 1 N–H and O–H groups in total. The van der Waals surface area contributed by atoms with Crippen molar-refractivity contribution in [2.45, 2.75) is 25.6 Å². The van der Waals surface area contributed by atoms with E-state index in [1.165, 1.54) is 0 Å². The fourth-order valence-corrected chi connectivity index (χ4v) is 1.59. The first-order chi connectivity index (χ1) is 8.28. The van der Waals surface area contributed by atoms with Crippen molar-refractivity contribution in [3.63, 3.8) is 0 Å². The highest BCUT2D eigenvalue weighted by atomic mass is 16.6. The minimum Gasteiger partial charge on any atom is -0.396 e. The Kier molecular flexibility index (Phi) is 4.76. The second kappa shape index (κ2) is 6.11. The Morgan fingerprint density at radius 1 is 1.12 bits per heavy atom. The zero-order chi connectivity index (χ0) is 12.1. The molecule has 5 heteroatoms. The van der Waals surface area contributed by atoms with E-state index in [0.717, 1.165) is 19.6 Å². The Hall–Kier alpha value is -0.200. The molecular weight excluding hydrogens is 224 g/mol. The number of aliphatic hydroxyl groups excluding tert-OH is 1. The molecule has 0 bridgehead atoms. The summed E-state index contributed by atoms with van der Waals surface area (Å²) in [5, 5.41) is 9.52. The maximum atomic E-state index is 9.52. The highest BCUT2D eigenvalue weighted by Crippen LogP contribution is 2.24. The van der Waals surface area contributed by atoms with E-state index in [-0.39, 0.29) is 24.2 Å². The number of hydrogen-bond donors (Lipinski definition) is 1. The van der Waals surface area contributed by atoms with Crippen molar-refractivity contribution in [1.29, 1.82) is 0 Å². The van der Waals surface area contributed by atoms with Crippen LogP contribution in [0, 0.1) is 5.41 Å². The SMILES string of the molecule is CCC(CO)(COCC1CO1)COCC1CO1. The van der Waals surface area contributed by atoms with Crippen molar-refractivity contribution in [3.05, 3.63) is 0 Å². The third-order valence-electron chi connectivity index (χ3n) is 3.31. The maximum Gasteiger partial charge on any atom is 0.104 e.